The van der Waals surface area contributed by atoms with E-state index >= 15 is 0 Å². The van der Waals surface area contributed by atoms with Gasteiger partial charge in [-0.15, -0.1) is 0 Å². The molecule has 0 saturated heterocycles. The molecule has 1 N–H and O–H groups in total. The molecule has 0 radical (unpaired) electrons. The van der Waals surface area contributed by atoms with Crippen molar-refractivity contribution in [2.75, 3.05) is 0 Å². The van der Waals surface area contributed by atoms with Crippen molar-refractivity contribution in [3.05, 3.63) is 132 Å². The zero-order chi connectivity index (χ0) is 24.0. The monoisotopic (exact) mass is 456 g/mol. The van der Waals surface area contributed by atoms with E-state index in [9.17, 15) is 4.79 Å². The predicted molar refractivity (Wildman–Crippen MR) is 141 cm³/mol. The van der Waals surface area contributed by atoms with Crippen LogP contribution in [0.5, 0.6) is 0 Å². The van der Waals surface area contributed by atoms with Crippen LogP contribution in [0.4, 0.5) is 0 Å². The topological polar surface area (TPSA) is 59.3 Å². The van der Waals surface area contributed by atoms with Crippen molar-refractivity contribution in [3.63, 3.8) is 0 Å². The molecule has 1 amide bonds. The van der Waals surface area contributed by atoms with Gasteiger partial charge in [-0.3, -0.25) is 9.78 Å². The minimum Gasteiger partial charge on any atom is -0.309 e. The molecule has 0 aliphatic heterocycles. The van der Waals surface area contributed by atoms with Crippen LogP contribution in [0.2, 0.25) is 0 Å². The number of rotatable bonds is 6. The fraction of sp³-hybridized carbons (Fsp3) is 0.0333. The van der Waals surface area contributed by atoms with E-state index in [1.165, 1.54) is 5.56 Å². The fourth-order valence-corrected chi connectivity index (χ4v) is 4.03. The number of nitrogens with zero attached hydrogens (tertiary/aromatic N) is 3. The molecule has 2 heterocycles. The van der Waals surface area contributed by atoms with E-state index in [2.05, 4.69) is 81.6 Å². The van der Waals surface area contributed by atoms with Crippen LogP contribution in [0.25, 0.3) is 28.2 Å². The third-order valence-corrected chi connectivity index (χ3v) is 5.75. The second kappa shape index (κ2) is 10.0. The molecule has 3 aromatic carbocycles. The van der Waals surface area contributed by atoms with Gasteiger partial charge in [0, 0.05) is 29.2 Å². The van der Waals surface area contributed by atoms with Gasteiger partial charge >= 0.3 is 0 Å². The van der Waals surface area contributed by atoms with Gasteiger partial charge in [0.25, 0.3) is 5.91 Å². The number of nitrogens with one attached hydrogen (secondary N) is 1. The molecule has 0 spiro atoms. The molecule has 5 nitrogen and oxygen atoms in total. The van der Waals surface area contributed by atoms with Gasteiger partial charge in [-0.2, -0.15) is 5.10 Å². The van der Waals surface area contributed by atoms with Crippen molar-refractivity contribution in [1.82, 2.24) is 15.0 Å². The summed E-state index contributed by atoms with van der Waals surface area (Å²) in [5, 5.41) is 4.30. The second-order valence-corrected chi connectivity index (χ2v) is 8.17. The summed E-state index contributed by atoms with van der Waals surface area (Å²) in [5.41, 5.74) is 10.5. The van der Waals surface area contributed by atoms with Crippen molar-refractivity contribution in [1.29, 1.82) is 0 Å². The summed E-state index contributed by atoms with van der Waals surface area (Å²) in [6, 6.07) is 34.4. The van der Waals surface area contributed by atoms with E-state index < -0.39 is 0 Å². The van der Waals surface area contributed by atoms with E-state index in [-0.39, 0.29) is 5.91 Å². The summed E-state index contributed by atoms with van der Waals surface area (Å²) in [7, 11) is 0. The third-order valence-electron chi connectivity index (χ3n) is 5.75. The lowest BCUT2D eigenvalue weighted by Gasteiger charge is -2.15. The maximum atomic E-state index is 12.5. The average molecular weight is 457 g/mol. The highest BCUT2D eigenvalue weighted by Gasteiger charge is 2.18. The number of aromatic nitrogens is 2. The van der Waals surface area contributed by atoms with E-state index in [4.69, 9.17) is 0 Å². The van der Waals surface area contributed by atoms with Gasteiger partial charge in [0.1, 0.15) is 0 Å². The van der Waals surface area contributed by atoms with Gasteiger partial charge < -0.3 is 4.57 Å². The van der Waals surface area contributed by atoms with Crippen molar-refractivity contribution < 1.29 is 4.79 Å². The van der Waals surface area contributed by atoms with E-state index in [0.29, 0.717) is 5.56 Å². The SMILES string of the molecule is Cc1ccc(-n2c(-c3ccccc3)cc(C=NNC(=O)c3ccncc3)c2-c2ccccc2)cc1. The van der Waals surface area contributed by atoms with Gasteiger partial charge in [-0.05, 0) is 48.4 Å². The van der Waals surface area contributed by atoms with Gasteiger partial charge in [-0.25, -0.2) is 5.43 Å². The number of hydrogen-bond donors (Lipinski definition) is 1. The van der Waals surface area contributed by atoms with Gasteiger partial charge in [0.05, 0.1) is 17.6 Å². The van der Waals surface area contributed by atoms with Crippen molar-refractivity contribution in [3.8, 4) is 28.2 Å². The van der Waals surface area contributed by atoms with E-state index in [0.717, 1.165) is 33.8 Å². The third kappa shape index (κ3) is 4.80. The smallest absolute Gasteiger partial charge is 0.271 e. The highest BCUT2D eigenvalue weighted by atomic mass is 16.2. The number of carbonyl (C=O) groups is 1. The second-order valence-electron chi connectivity index (χ2n) is 8.17. The van der Waals surface area contributed by atoms with Crippen LogP contribution < -0.4 is 5.43 Å². The van der Waals surface area contributed by atoms with Gasteiger partial charge in [0.2, 0.25) is 0 Å². The van der Waals surface area contributed by atoms with Crippen LogP contribution >= 0.6 is 0 Å². The number of carbonyl (C=O) groups excluding carboxylic acids is 1. The molecule has 0 unspecified atom stereocenters. The molecule has 35 heavy (non-hydrogen) atoms. The average Bonchev–Trinajstić information content (AvgIpc) is 3.30. The molecular weight excluding hydrogens is 432 g/mol. The summed E-state index contributed by atoms with van der Waals surface area (Å²) in [5.74, 6) is -0.286. The van der Waals surface area contributed by atoms with Crippen LogP contribution in [-0.2, 0) is 0 Å². The van der Waals surface area contributed by atoms with Crippen LogP contribution in [0.1, 0.15) is 21.5 Å². The molecule has 2 aromatic heterocycles. The Balaban J connectivity index is 1.65. The summed E-state index contributed by atoms with van der Waals surface area (Å²) >= 11 is 0. The standard InChI is InChI=1S/C30H24N4O/c1-22-12-14-27(15-13-22)34-28(23-8-4-2-5-9-23)20-26(29(34)24-10-6-3-7-11-24)21-32-33-30(35)25-16-18-31-19-17-25/h2-21H,1H3,(H,33,35). The first-order chi connectivity index (χ1) is 17.2. The van der Waals surface area contributed by atoms with E-state index in [1.54, 1.807) is 30.7 Å². The molecule has 5 rings (SSSR count). The zero-order valence-electron chi connectivity index (χ0n) is 19.3. The van der Waals surface area contributed by atoms with Crippen LogP contribution in [0, 0.1) is 6.92 Å². The quantitative estimate of drug-likeness (QED) is 0.241. The number of pyridine rings is 1. The first kappa shape index (κ1) is 22.0. The minimum atomic E-state index is -0.286. The molecule has 0 fully saturated rings. The van der Waals surface area contributed by atoms with Crippen LogP contribution in [0.3, 0.4) is 0 Å². The molecule has 0 saturated carbocycles. The lowest BCUT2D eigenvalue weighted by Crippen LogP contribution is -2.17. The number of hydrazone groups is 1. The molecule has 170 valence electrons. The molecule has 0 bridgehead atoms. The van der Waals surface area contributed by atoms with Crippen molar-refractivity contribution >= 4 is 12.1 Å². The molecule has 0 aliphatic rings. The Hall–Kier alpha value is -4.77. The highest BCUT2D eigenvalue weighted by molar-refractivity contribution is 5.97. The highest BCUT2D eigenvalue weighted by Crippen LogP contribution is 2.35. The summed E-state index contributed by atoms with van der Waals surface area (Å²) < 4.78 is 2.25. The summed E-state index contributed by atoms with van der Waals surface area (Å²) in [6.07, 6.45) is 4.87. The lowest BCUT2D eigenvalue weighted by molar-refractivity contribution is 0.0955. The number of aryl methyl sites for hydroxylation is 1. The predicted octanol–water partition coefficient (Wildman–Crippen LogP) is 6.28. The largest absolute Gasteiger partial charge is 0.309 e. The summed E-state index contributed by atoms with van der Waals surface area (Å²) in [6.45, 7) is 2.08. The molecular formula is C30H24N4O. The molecule has 5 aromatic rings. The zero-order valence-corrected chi connectivity index (χ0v) is 19.3. The van der Waals surface area contributed by atoms with Gasteiger partial charge in [0.15, 0.2) is 0 Å². The van der Waals surface area contributed by atoms with Crippen molar-refractivity contribution in [2.24, 2.45) is 5.10 Å². The summed E-state index contributed by atoms with van der Waals surface area (Å²) in [4.78, 5) is 16.4. The van der Waals surface area contributed by atoms with Crippen LogP contribution in [0.15, 0.2) is 121 Å². The Labute approximate surface area is 204 Å². The minimum absolute atomic E-state index is 0.286. The number of benzene rings is 3. The Morgan fingerprint density at radius 1 is 0.829 bits per heavy atom. The van der Waals surface area contributed by atoms with E-state index in [1.807, 2.05) is 36.4 Å². The first-order valence-corrected chi connectivity index (χ1v) is 11.4. The first-order valence-electron chi connectivity index (χ1n) is 11.4. The molecule has 5 heteroatoms. The Morgan fingerprint density at radius 2 is 1.46 bits per heavy atom. The Bertz CT molecular complexity index is 1460. The Kier molecular flexibility index (Phi) is 6.31. The maximum Gasteiger partial charge on any atom is 0.271 e. The Morgan fingerprint density at radius 3 is 2.11 bits per heavy atom. The lowest BCUT2D eigenvalue weighted by atomic mass is 10.1. The fourth-order valence-electron chi connectivity index (χ4n) is 4.03. The van der Waals surface area contributed by atoms with Crippen molar-refractivity contribution in [2.45, 2.75) is 6.92 Å². The number of amides is 1. The normalized spacial score (nSPS) is 11.0. The van der Waals surface area contributed by atoms with Gasteiger partial charge in [-0.1, -0.05) is 78.4 Å². The molecule has 0 atom stereocenters. The number of hydrogen-bond acceptors (Lipinski definition) is 3. The molecule has 0 aliphatic carbocycles. The maximum absolute atomic E-state index is 12.5. The van der Waals surface area contributed by atoms with Crippen LogP contribution in [-0.4, -0.2) is 21.7 Å².